The summed E-state index contributed by atoms with van der Waals surface area (Å²) in [7, 11) is 0. The van der Waals surface area contributed by atoms with E-state index in [1.165, 1.54) is 44.5 Å². The van der Waals surface area contributed by atoms with Gasteiger partial charge in [0.2, 0.25) is 0 Å². The molecule has 0 amide bonds. The Labute approximate surface area is 118 Å². The number of rotatable bonds is 6. The lowest BCUT2D eigenvalue weighted by Gasteiger charge is -2.36. The minimum absolute atomic E-state index is 0.644. The van der Waals surface area contributed by atoms with Crippen molar-refractivity contribution < 1.29 is 0 Å². The number of piperidine rings is 1. The maximum atomic E-state index is 3.70. The Bertz CT molecular complexity index is 350. The van der Waals surface area contributed by atoms with Crippen LogP contribution in [0.25, 0.3) is 0 Å². The molecule has 0 saturated carbocycles. The molecular formula is C17H28N2. The molecule has 2 rings (SSSR count). The van der Waals surface area contributed by atoms with Gasteiger partial charge in [0.1, 0.15) is 0 Å². The highest BCUT2D eigenvalue weighted by Crippen LogP contribution is 2.20. The Morgan fingerprint density at radius 1 is 1.26 bits per heavy atom. The lowest BCUT2D eigenvalue weighted by atomic mass is 9.92. The normalized spacial score (nSPS) is 23.3. The van der Waals surface area contributed by atoms with Crippen LogP contribution in [0.3, 0.4) is 0 Å². The summed E-state index contributed by atoms with van der Waals surface area (Å²) >= 11 is 0. The molecule has 1 N–H and O–H groups in total. The lowest BCUT2D eigenvalue weighted by molar-refractivity contribution is 0.300. The molecular weight excluding hydrogens is 232 g/mol. The zero-order chi connectivity index (χ0) is 13.5. The molecule has 2 atom stereocenters. The van der Waals surface area contributed by atoms with E-state index in [-0.39, 0.29) is 0 Å². The molecule has 1 saturated heterocycles. The highest BCUT2D eigenvalue weighted by atomic mass is 15.2. The molecule has 0 radical (unpaired) electrons. The van der Waals surface area contributed by atoms with Gasteiger partial charge in [-0.1, -0.05) is 38.5 Å². The van der Waals surface area contributed by atoms with Crippen LogP contribution in [0, 0.1) is 5.92 Å². The van der Waals surface area contributed by atoms with E-state index in [1.807, 2.05) is 0 Å². The van der Waals surface area contributed by atoms with Crippen molar-refractivity contribution in [3.05, 3.63) is 30.3 Å². The number of anilines is 1. The van der Waals surface area contributed by atoms with Gasteiger partial charge in [0, 0.05) is 24.8 Å². The predicted octanol–water partition coefficient (Wildman–Crippen LogP) is 3.68. The van der Waals surface area contributed by atoms with Gasteiger partial charge in [-0.25, -0.2) is 0 Å². The van der Waals surface area contributed by atoms with E-state index in [2.05, 4.69) is 54.4 Å². The van der Waals surface area contributed by atoms with Crippen molar-refractivity contribution >= 4 is 5.69 Å². The number of nitrogens with one attached hydrogen (secondary N) is 1. The minimum atomic E-state index is 0.644. The fourth-order valence-electron chi connectivity index (χ4n) is 2.91. The Morgan fingerprint density at radius 2 is 2.05 bits per heavy atom. The summed E-state index contributed by atoms with van der Waals surface area (Å²) < 4.78 is 0. The molecule has 0 spiro atoms. The van der Waals surface area contributed by atoms with Crippen molar-refractivity contribution in [3.63, 3.8) is 0 Å². The van der Waals surface area contributed by atoms with Crippen LogP contribution >= 0.6 is 0 Å². The standard InChI is InChI=1S/C17H28N2/c1-3-4-13-19(16-10-6-5-7-11-16)14-17-15(2)9-8-12-18-17/h5-7,10-11,15,17-18H,3-4,8-9,12-14H2,1-2H3. The van der Waals surface area contributed by atoms with E-state index < -0.39 is 0 Å². The van der Waals surface area contributed by atoms with Crippen LogP contribution in [-0.2, 0) is 0 Å². The van der Waals surface area contributed by atoms with Crippen molar-refractivity contribution in [2.24, 2.45) is 5.92 Å². The summed E-state index contributed by atoms with van der Waals surface area (Å²) in [5.74, 6) is 0.793. The van der Waals surface area contributed by atoms with Gasteiger partial charge >= 0.3 is 0 Å². The van der Waals surface area contributed by atoms with Crippen molar-refractivity contribution in [1.29, 1.82) is 0 Å². The third kappa shape index (κ3) is 4.24. The first kappa shape index (κ1) is 14.4. The quantitative estimate of drug-likeness (QED) is 0.839. The molecule has 1 aromatic carbocycles. The predicted molar refractivity (Wildman–Crippen MR) is 83.8 cm³/mol. The van der Waals surface area contributed by atoms with E-state index in [1.54, 1.807) is 0 Å². The van der Waals surface area contributed by atoms with Crippen molar-refractivity contribution in [2.45, 2.75) is 45.6 Å². The highest BCUT2D eigenvalue weighted by Gasteiger charge is 2.23. The smallest absolute Gasteiger partial charge is 0.0366 e. The molecule has 0 bridgehead atoms. The van der Waals surface area contributed by atoms with Crippen LogP contribution in [-0.4, -0.2) is 25.7 Å². The van der Waals surface area contributed by atoms with Gasteiger partial charge in [-0.2, -0.15) is 0 Å². The number of hydrogen-bond donors (Lipinski definition) is 1. The molecule has 106 valence electrons. The van der Waals surface area contributed by atoms with E-state index in [9.17, 15) is 0 Å². The number of unbranched alkanes of at least 4 members (excludes halogenated alkanes) is 1. The summed E-state index contributed by atoms with van der Waals surface area (Å²) in [5.41, 5.74) is 1.37. The number of hydrogen-bond acceptors (Lipinski definition) is 2. The summed E-state index contributed by atoms with van der Waals surface area (Å²) in [6.45, 7) is 8.16. The van der Waals surface area contributed by atoms with Crippen LogP contribution in [0.1, 0.15) is 39.5 Å². The second kappa shape index (κ2) is 7.54. The zero-order valence-electron chi connectivity index (χ0n) is 12.4. The number of benzene rings is 1. The molecule has 1 heterocycles. The van der Waals surface area contributed by atoms with Gasteiger partial charge in [-0.05, 0) is 43.9 Å². The van der Waals surface area contributed by atoms with Gasteiger partial charge in [-0.15, -0.1) is 0 Å². The third-order valence-electron chi connectivity index (χ3n) is 4.25. The molecule has 2 heteroatoms. The van der Waals surface area contributed by atoms with Crippen LogP contribution in [0.5, 0.6) is 0 Å². The Hall–Kier alpha value is -1.02. The van der Waals surface area contributed by atoms with Crippen LogP contribution in [0.4, 0.5) is 5.69 Å². The first-order valence-corrected chi connectivity index (χ1v) is 7.84. The minimum Gasteiger partial charge on any atom is -0.370 e. The van der Waals surface area contributed by atoms with Gasteiger partial charge in [0.25, 0.3) is 0 Å². The van der Waals surface area contributed by atoms with Crippen molar-refractivity contribution in [1.82, 2.24) is 5.32 Å². The second-order valence-electron chi connectivity index (χ2n) is 5.82. The molecule has 19 heavy (non-hydrogen) atoms. The number of nitrogens with zero attached hydrogens (tertiary/aromatic N) is 1. The maximum Gasteiger partial charge on any atom is 0.0366 e. The van der Waals surface area contributed by atoms with Crippen LogP contribution < -0.4 is 10.2 Å². The summed E-state index contributed by atoms with van der Waals surface area (Å²) in [5, 5.41) is 3.70. The van der Waals surface area contributed by atoms with Crippen LogP contribution in [0.15, 0.2) is 30.3 Å². The molecule has 1 aromatic rings. The molecule has 1 aliphatic rings. The van der Waals surface area contributed by atoms with Crippen molar-refractivity contribution in [2.75, 3.05) is 24.5 Å². The second-order valence-corrected chi connectivity index (χ2v) is 5.82. The zero-order valence-corrected chi connectivity index (χ0v) is 12.4. The Morgan fingerprint density at radius 3 is 2.74 bits per heavy atom. The molecule has 2 nitrogen and oxygen atoms in total. The first-order valence-electron chi connectivity index (χ1n) is 7.84. The Balaban J connectivity index is 2.01. The first-order chi connectivity index (χ1) is 9.31. The largest absolute Gasteiger partial charge is 0.370 e. The lowest BCUT2D eigenvalue weighted by Crippen LogP contribution is -2.48. The topological polar surface area (TPSA) is 15.3 Å². The van der Waals surface area contributed by atoms with E-state index in [0.29, 0.717) is 6.04 Å². The summed E-state index contributed by atoms with van der Waals surface area (Å²) in [4.78, 5) is 2.56. The van der Waals surface area contributed by atoms with Crippen molar-refractivity contribution in [3.8, 4) is 0 Å². The van der Waals surface area contributed by atoms with Crippen LogP contribution in [0.2, 0.25) is 0 Å². The molecule has 0 aromatic heterocycles. The van der Waals surface area contributed by atoms with Gasteiger partial charge in [-0.3, -0.25) is 0 Å². The summed E-state index contributed by atoms with van der Waals surface area (Å²) in [6.07, 6.45) is 5.24. The maximum absolute atomic E-state index is 3.70. The number of para-hydroxylation sites is 1. The van der Waals surface area contributed by atoms with Gasteiger partial charge in [0.15, 0.2) is 0 Å². The molecule has 1 fully saturated rings. The monoisotopic (exact) mass is 260 g/mol. The molecule has 1 aliphatic heterocycles. The molecule has 0 aliphatic carbocycles. The fourth-order valence-corrected chi connectivity index (χ4v) is 2.91. The fraction of sp³-hybridized carbons (Fsp3) is 0.647. The third-order valence-corrected chi connectivity index (χ3v) is 4.25. The Kier molecular flexibility index (Phi) is 5.71. The van der Waals surface area contributed by atoms with E-state index >= 15 is 0 Å². The SMILES string of the molecule is CCCCN(CC1NCCCC1C)c1ccccc1. The molecule has 2 unspecified atom stereocenters. The van der Waals surface area contributed by atoms with E-state index in [0.717, 1.165) is 12.5 Å². The summed E-state index contributed by atoms with van der Waals surface area (Å²) in [6, 6.07) is 11.5. The van der Waals surface area contributed by atoms with Gasteiger partial charge in [0.05, 0.1) is 0 Å². The average Bonchev–Trinajstić information content (AvgIpc) is 2.46. The van der Waals surface area contributed by atoms with E-state index in [4.69, 9.17) is 0 Å². The van der Waals surface area contributed by atoms with Gasteiger partial charge < -0.3 is 10.2 Å². The highest BCUT2D eigenvalue weighted by molar-refractivity contribution is 5.46. The average molecular weight is 260 g/mol.